The number of hydrogen-bond acceptors (Lipinski definition) is 3. The van der Waals surface area contributed by atoms with E-state index in [0.29, 0.717) is 11.3 Å². The molecular weight excluding hydrogens is 246 g/mol. The number of anilines is 1. The molecule has 0 aliphatic carbocycles. The molecule has 0 radical (unpaired) electrons. The van der Waals surface area contributed by atoms with Gasteiger partial charge in [0.05, 0.1) is 17.6 Å². The number of nitrogens with one attached hydrogen (secondary N) is 1. The zero-order valence-corrected chi connectivity index (χ0v) is 10.8. The summed E-state index contributed by atoms with van der Waals surface area (Å²) < 4.78 is 0. The number of aliphatic carboxylic acids is 1. The number of carbonyl (C=O) groups excluding carboxylic acids is 1. The van der Waals surface area contributed by atoms with Gasteiger partial charge in [-0.3, -0.25) is 9.69 Å². The first-order chi connectivity index (χ1) is 8.95. The third-order valence-electron chi connectivity index (χ3n) is 2.67. The Balaban J connectivity index is 2.61. The van der Waals surface area contributed by atoms with Crippen molar-refractivity contribution in [2.75, 3.05) is 18.5 Å². The fourth-order valence-electron chi connectivity index (χ4n) is 1.32. The van der Waals surface area contributed by atoms with Gasteiger partial charge in [0.2, 0.25) is 0 Å². The van der Waals surface area contributed by atoms with E-state index in [0.717, 1.165) is 0 Å². The molecule has 0 aliphatic heterocycles. The number of hydrogen-bond donors (Lipinski definition) is 2. The van der Waals surface area contributed by atoms with Crippen molar-refractivity contribution in [2.45, 2.75) is 6.92 Å². The van der Waals surface area contributed by atoms with E-state index in [9.17, 15) is 9.59 Å². The summed E-state index contributed by atoms with van der Waals surface area (Å²) >= 11 is 0. The van der Waals surface area contributed by atoms with Crippen molar-refractivity contribution in [3.05, 3.63) is 29.8 Å². The van der Waals surface area contributed by atoms with Crippen LogP contribution in [0, 0.1) is 17.2 Å². The molecule has 1 unspecified atom stereocenters. The Morgan fingerprint density at radius 1 is 1.42 bits per heavy atom. The van der Waals surface area contributed by atoms with Crippen LogP contribution in [-0.2, 0) is 4.79 Å². The summed E-state index contributed by atoms with van der Waals surface area (Å²) in [6.07, 6.45) is 0. The van der Waals surface area contributed by atoms with E-state index >= 15 is 0 Å². The average molecular weight is 261 g/mol. The quantitative estimate of drug-likeness (QED) is 0.857. The number of nitriles is 1. The number of nitrogens with zero attached hydrogens (tertiary/aromatic N) is 2. The lowest BCUT2D eigenvalue weighted by molar-refractivity contribution is -0.140. The Morgan fingerprint density at radius 2 is 2.00 bits per heavy atom. The van der Waals surface area contributed by atoms with Crippen LogP contribution in [0.15, 0.2) is 24.3 Å². The maximum absolute atomic E-state index is 11.8. The van der Waals surface area contributed by atoms with E-state index < -0.39 is 17.9 Å². The largest absolute Gasteiger partial charge is 0.481 e. The maximum atomic E-state index is 11.8. The first-order valence-corrected chi connectivity index (χ1v) is 5.70. The van der Waals surface area contributed by atoms with Crippen LogP contribution in [0.3, 0.4) is 0 Å². The molecule has 0 spiro atoms. The molecule has 0 bridgehead atoms. The van der Waals surface area contributed by atoms with Gasteiger partial charge in [-0.25, -0.2) is 4.79 Å². The number of carboxylic acid groups (broad SMARTS) is 1. The molecule has 0 saturated carbocycles. The molecule has 19 heavy (non-hydrogen) atoms. The molecular formula is C13H15N3O3. The highest BCUT2D eigenvalue weighted by Gasteiger charge is 2.15. The Morgan fingerprint density at radius 3 is 2.47 bits per heavy atom. The van der Waals surface area contributed by atoms with Crippen LogP contribution in [0.25, 0.3) is 0 Å². The molecule has 1 atom stereocenters. The summed E-state index contributed by atoms with van der Waals surface area (Å²) in [5, 5.41) is 19.9. The summed E-state index contributed by atoms with van der Waals surface area (Å²) in [6.45, 7) is 1.58. The standard InChI is InChI=1S/C13H15N3O3/c1-9(12(17)18)8-15-13(19)16(2)11-5-3-10(7-14)4-6-11/h3-6,9H,8H2,1-2H3,(H,15,19)(H,17,18). The molecule has 6 heteroatoms. The number of urea groups is 1. The van der Waals surface area contributed by atoms with Gasteiger partial charge in [-0.15, -0.1) is 0 Å². The molecule has 0 aliphatic rings. The fourth-order valence-corrected chi connectivity index (χ4v) is 1.32. The summed E-state index contributed by atoms with van der Waals surface area (Å²) in [5.74, 6) is -1.60. The van der Waals surface area contributed by atoms with E-state index in [2.05, 4.69) is 5.32 Å². The van der Waals surface area contributed by atoms with E-state index in [1.807, 2.05) is 6.07 Å². The monoisotopic (exact) mass is 261 g/mol. The second-order valence-corrected chi connectivity index (χ2v) is 4.14. The van der Waals surface area contributed by atoms with E-state index in [1.54, 1.807) is 31.3 Å². The van der Waals surface area contributed by atoms with Crippen LogP contribution >= 0.6 is 0 Å². The molecule has 1 aromatic rings. The fraction of sp³-hybridized carbons (Fsp3) is 0.308. The van der Waals surface area contributed by atoms with E-state index in [1.165, 1.54) is 11.8 Å². The highest BCUT2D eigenvalue weighted by molar-refractivity contribution is 5.91. The number of carbonyl (C=O) groups is 2. The first kappa shape index (κ1) is 14.5. The minimum Gasteiger partial charge on any atom is -0.481 e. The van der Waals surface area contributed by atoms with Crippen LogP contribution in [0.2, 0.25) is 0 Å². The van der Waals surface area contributed by atoms with Gasteiger partial charge in [-0.05, 0) is 24.3 Å². The molecule has 0 fully saturated rings. The van der Waals surface area contributed by atoms with E-state index in [4.69, 9.17) is 10.4 Å². The predicted octanol–water partition coefficient (Wildman–Crippen LogP) is 1.42. The van der Waals surface area contributed by atoms with Crippen molar-refractivity contribution >= 4 is 17.7 Å². The normalized spacial score (nSPS) is 11.2. The Kier molecular flexibility index (Phi) is 4.89. The van der Waals surface area contributed by atoms with Crippen molar-refractivity contribution in [1.82, 2.24) is 5.32 Å². The zero-order valence-electron chi connectivity index (χ0n) is 10.8. The second-order valence-electron chi connectivity index (χ2n) is 4.14. The molecule has 0 heterocycles. The summed E-state index contributed by atoms with van der Waals surface area (Å²) in [7, 11) is 1.57. The number of rotatable bonds is 4. The molecule has 100 valence electrons. The average Bonchev–Trinajstić information content (AvgIpc) is 2.43. The van der Waals surface area contributed by atoms with Crippen molar-refractivity contribution in [3.8, 4) is 6.07 Å². The van der Waals surface area contributed by atoms with E-state index in [-0.39, 0.29) is 6.54 Å². The molecule has 1 rings (SSSR count). The molecule has 0 aromatic heterocycles. The number of benzene rings is 1. The van der Waals surface area contributed by atoms with Gasteiger partial charge in [0.1, 0.15) is 0 Å². The Labute approximate surface area is 111 Å². The van der Waals surface area contributed by atoms with Crippen molar-refractivity contribution in [3.63, 3.8) is 0 Å². The van der Waals surface area contributed by atoms with Gasteiger partial charge < -0.3 is 10.4 Å². The summed E-state index contributed by atoms with van der Waals surface area (Å²) in [4.78, 5) is 23.8. The minimum atomic E-state index is -0.957. The van der Waals surface area contributed by atoms with Gasteiger partial charge >= 0.3 is 12.0 Å². The smallest absolute Gasteiger partial charge is 0.321 e. The van der Waals surface area contributed by atoms with Gasteiger partial charge in [0.15, 0.2) is 0 Å². The Bertz CT molecular complexity index is 505. The van der Waals surface area contributed by atoms with Gasteiger partial charge in [0.25, 0.3) is 0 Å². The molecule has 2 amide bonds. The Hall–Kier alpha value is -2.55. The summed E-state index contributed by atoms with van der Waals surface area (Å²) in [5.41, 5.74) is 1.14. The van der Waals surface area contributed by atoms with Crippen molar-refractivity contribution < 1.29 is 14.7 Å². The molecule has 1 aromatic carbocycles. The lowest BCUT2D eigenvalue weighted by Crippen LogP contribution is -2.40. The first-order valence-electron chi connectivity index (χ1n) is 5.70. The van der Waals surface area contributed by atoms with Gasteiger partial charge in [0, 0.05) is 19.3 Å². The van der Waals surface area contributed by atoms with Crippen LogP contribution in [0.1, 0.15) is 12.5 Å². The topological polar surface area (TPSA) is 93.4 Å². The predicted molar refractivity (Wildman–Crippen MR) is 69.8 cm³/mol. The third kappa shape index (κ3) is 4.00. The highest BCUT2D eigenvalue weighted by Crippen LogP contribution is 2.13. The van der Waals surface area contributed by atoms with Crippen LogP contribution < -0.4 is 10.2 Å². The zero-order chi connectivity index (χ0) is 14.4. The van der Waals surface area contributed by atoms with Crippen LogP contribution in [-0.4, -0.2) is 30.7 Å². The van der Waals surface area contributed by atoms with Crippen LogP contribution in [0.5, 0.6) is 0 Å². The minimum absolute atomic E-state index is 0.0643. The van der Waals surface area contributed by atoms with Crippen molar-refractivity contribution in [2.24, 2.45) is 5.92 Å². The molecule has 2 N–H and O–H groups in total. The lowest BCUT2D eigenvalue weighted by atomic mass is 10.2. The van der Waals surface area contributed by atoms with Crippen LogP contribution in [0.4, 0.5) is 10.5 Å². The second kappa shape index (κ2) is 6.40. The van der Waals surface area contributed by atoms with Crippen molar-refractivity contribution in [1.29, 1.82) is 5.26 Å². The number of carboxylic acids is 1. The third-order valence-corrected chi connectivity index (χ3v) is 2.67. The maximum Gasteiger partial charge on any atom is 0.321 e. The summed E-state index contributed by atoms with van der Waals surface area (Å²) in [6, 6.07) is 8.12. The van der Waals surface area contributed by atoms with Gasteiger partial charge in [-0.2, -0.15) is 5.26 Å². The lowest BCUT2D eigenvalue weighted by Gasteiger charge is -2.19. The molecule has 0 saturated heterocycles. The van der Waals surface area contributed by atoms with Gasteiger partial charge in [-0.1, -0.05) is 6.92 Å². The number of amides is 2. The SMILES string of the molecule is CC(CNC(=O)N(C)c1ccc(C#N)cc1)C(=O)O. The highest BCUT2D eigenvalue weighted by atomic mass is 16.4. The molecule has 6 nitrogen and oxygen atoms in total.